The molecule has 0 saturated heterocycles. The van der Waals surface area contributed by atoms with Crippen molar-refractivity contribution in [2.45, 2.75) is 6.92 Å². The molecule has 0 aliphatic rings. The molecule has 4 N–H and O–H groups in total. The molecule has 54 valence electrons. The van der Waals surface area contributed by atoms with E-state index in [1.54, 1.807) is 0 Å². The summed E-state index contributed by atoms with van der Waals surface area (Å²) < 4.78 is 8.70. The van der Waals surface area contributed by atoms with Crippen molar-refractivity contribution in [3.63, 3.8) is 0 Å². The summed E-state index contributed by atoms with van der Waals surface area (Å²) in [5.41, 5.74) is 0. The quantitative estimate of drug-likeness (QED) is 0.220. The Hall–Kier alpha value is 1.97. The Balaban J connectivity index is -0.0000000131. The van der Waals surface area contributed by atoms with Gasteiger partial charge in [0.2, 0.25) is 0 Å². The van der Waals surface area contributed by atoms with Crippen molar-refractivity contribution in [1.82, 2.24) is 0 Å². The van der Waals surface area contributed by atoms with Gasteiger partial charge in [-0.25, -0.2) is 0 Å². The van der Waals surface area contributed by atoms with E-state index in [0.717, 1.165) is 5.75 Å². The third-order valence-corrected chi connectivity index (χ3v) is 0. The van der Waals surface area contributed by atoms with E-state index in [4.69, 9.17) is 14.4 Å². The molecule has 0 aromatic carbocycles. The molecule has 0 aliphatic carbocycles. The average molecular weight is 201 g/mol. The van der Waals surface area contributed by atoms with E-state index in [2.05, 4.69) is 12.6 Å². The summed E-state index contributed by atoms with van der Waals surface area (Å²) >= 11 is 3.79. The van der Waals surface area contributed by atoms with Crippen molar-refractivity contribution >= 4 is 20.9 Å². The van der Waals surface area contributed by atoms with Crippen molar-refractivity contribution in [1.29, 1.82) is 0 Å². The third-order valence-electron chi connectivity index (χ3n) is 0. The van der Waals surface area contributed by atoms with Crippen molar-refractivity contribution in [3.05, 3.63) is 0 Å². The molecule has 0 unspecified atom stereocenters. The molecule has 0 atom stereocenters. The molecule has 9 heavy (non-hydrogen) atoms. The van der Waals surface area contributed by atoms with Gasteiger partial charge in [0.1, 0.15) is 0 Å². The standard InChI is InChI=1S/C2H6S.K.HO3P.H2O.H/c1-2-3;;1-4(2)3;;/h3H,2H2,1H3;;(H-,1,2,3);1H2;/q;+1;;;-1/p+1. The van der Waals surface area contributed by atoms with Crippen LogP contribution in [0.1, 0.15) is 8.35 Å². The molecule has 0 aliphatic heterocycles. The van der Waals surface area contributed by atoms with Gasteiger partial charge in [0.15, 0.2) is 0 Å². The Morgan fingerprint density at radius 3 is 1.67 bits per heavy atom. The van der Waals surface area contributed by atoms with E-state index in [0.29, 0.717) is 0 Å². The van der Waals surface area contributed by atoms with Gasteiger partial charge in [-0.2, -0.15) is 12.6 Å². The van der Waals surface area contributed by atoms with Gasteiger partial charge in [-0.05, 0) is 5.75 Å². The van der Waals surface area contributed by atoms with Gasteiger partial charge in [-0.1, -0.05) is 6.92 Å². The van der Waals surface area contributed by atoms with Crippen LogP contribution < -0.4 is 51.4 Å². The van der Waals surface area contributed by atoms with Gasteiger partial charge in [-0.3, -0.25) is 0 Å². The zero-order chi connectivity index (χ0) is 6.28. The molecule has 0 spiro atoms. The summed E-state index contributed by atoms with van der Waals surface area (Å²) in [6.45, 7) is 1.99. The van der Waals surface area contributed by atoms with Gasteiger partial charge in [0.25, 0.3) is 0 Å². The largest absolute Gasteiger partial charge is 1.00 e. The van der Waals surface area contributed by atoms with Crippen LogP contribution in [0, 0.1) is 0 Å². The first-order valence-corrected chi connectivity index (χ1v) is 3.40. The summed E-state index contributed by atoms with van der Waals surface area (Å²) in [7, 11) is -2.87. The Labute approximate surface area is 105 Å². The fourth-order valence-corrected chi connectivity index (χ4v) is 0. The molecule has 0 saturated carbocycles. The van der Waals surface area contributed by atoms with E-state index in [-0.39, 0.29) is 58.3 Å². The maximum absolute atomic E-state index is 8.70. The second-order valence-corrected chi connectivity index (χ2v) is 1.71. The van der Waals surface area contributed by atoms with Gasteiger partial charge in [0.05, 0.1) is 0 Å². The number of rotatable bonds is 0. The molecular formula is C2H11KO4PS+. The van der Waals surface area contributed by atoms with Crippen LogP contribution in [0.25, 0.3) is 0 Å². The van der Waals surface area contributed by atoms with Crippen LogP contribution in [0.5, 0.6) is 0 Å². The van der Waals surface area contributed by atoms with Gasteiger partial charge in [-0.15, -0.1) is 9.79 Å². The van der Waals surface area contributed by atoms with Crippen LogP contribution in [-0.2, 0) is 4.57 Å². The summed E-state index contributed by atoms with van der Waals surface area (Å²) in [5, 5.41) is 0. The van der Waals surface area contributed by atoms with Crippen molar-refractivity contribution < 1.29 is 72.6 Å². The monoisotopic (exact) mass is 201 g/mol. The van der Waals surface area contributed by atoms with Gasteiger partial charge >= 0.3 is 59.6 Å². The SMILES string of the molecule is CCS.O.O=[P+](O)O.[H-].[K+]. The maximum Gasteiger partial charge on any atom is 1.00 e. The molecule has 0 bridgehead atoms. The Morgan fingerprint density at radius 2 is 1.67 bits per heavy atom. The molecule has 0 amide bonds. The van der Waals surface area contributed by atoms with Crippen LogP contribution in [0.15, 0.2) is 0 Å². The van der Waals surface area contributed by atoms with Crippen LogP contribution in [0.4, 0.5) is 0 Å². The maximum atomic E-state index is 8.70. The summed E-state index contributed by atoms with van der Waals surface area (Å²) in [6, 6.07) is 0. The van der Waals surface area contributed by atoms with E-state index in [9.17, 15) is 0 Å². The Morgan fingerprint density at radius 1 is 1.67 bits per heavy atom. The number of hydrogen-bond donors (Lipinski definition) is 3. The van der Waals surface area contributed by atoms with E-state index < -0.39 is 8.25 Å². The summed E-state index contributed by atoms with van der Waals surface area (Å²) in [5.74, 6) is 0.944. The predicted octanol–water partition coefficient (Wildman–Crippen LogP) is -3.14. The van der Waals surface area contributed by atoms with Crippen LogP contribution in [0.2, 0.25) is 0 Å². The van der Waals surface area contributed by atoms with Crippen LogP contribution in [-0.4, -0.2) is 21.0 Å². The van der Waals surface area contributed by atoms with Crippen molar-refractivity contribution in [3.8, 4) is 0 Å². The molecular weight excluding hydrogens is 190 g/mol. The van der Waals surface area contributed by atoms with Crippen molar-refractivity contribution in [2.24, 2.45) is 0 Å². The molecule has 0 radical (unpaired) electrons. The van der Waals surface area contributed by atoms with Crippen molar-refractivity contribution in [2.75, 3.05) is 5.75 Å². The minimum Gasteiger partial charge on any atom is -1.00 e. The zero-order valence-corrected chi connectivity index (χ0v) is 10.3. The molecule has 0 aromatic heterocycles. The molecule has 7 heteroatoms. The van der Waals surface area contributed by atoms with E-state index in [1.165, 1.54) is 0 Å². The number of hydrogen-bond acceptors (Lipinski definition) is 2. The van der Waals surface area contributed by atoms with Gasteiger partial charge in [0, 0.05) is 4.57 Å². The molecule has 0 heterocycles. The van der Waals surface area contributed by atoms with E-state index >= 15 is 0 Å². The second-order valence-electron chi connectivity index (χ2n) is 0.569. The molecule has 0 aromatic rings. The first-order chi connectivity index (χ1) is 3.15. The Kier molecular flexibility index (Phi) is 56.1. The minimum absolute atomic E-state index is 0. The summed E-state index contributed by atoms with van der Waals surface area (Å²) in [6.07, 6.45) is 0. The average Bonchev–Trinajstić information content (AvgIpc) is 1.33. The molecule has 0 rings (SSSR count). The molecule has 0 fully saturated rings. The molecule has 4 nitrogen and oxygen atoms in total. The van der Waals surface area contributed by atoms with Crippen LogP contribution in [0.3, 0.4) is 0 Å². The minimum atomic E-state index is -2.87. The first-order valence-electron chi connectivity index (χ1n) is 1.61. The zero-order valence-electron chi connectivity index (χ0n) is 6.40. The smallest absolute Gasteiger partial charge is 1.00 e. The topological polar surface area (TPSA) is 89.0 Å². The fraction of sp³-hybridized carbons (Fsp3) is 1.00. The summed E-state index contributed by atoms with van der Waals surface area (Å²) in [4.78, 5) is 14.2. The first kappa shape index (κ1) is 22.4. The Bertz CT molecular complexity index is 54.5. The van der Waals surface area contributed by atoms with Crippen LogP contribution >= 0.6 is 20.9 Å². The third kappa shape index (κ3) is 164. The predicted molar refractivity (Wildman–Crippen MR) is 36.3 cm³/mol. The van der Waals surface area contributed by atoms with E-state index in [1.807, 2.05) is 6.92 Å². The number of thiol groups is 1. The second kappa shape index (κ2) is 22.5. The normalized spacial score (nSPS) is 4.89. The fourth-order valence-electron chi connectivity index (χ4n) is 0. The van der Waals surface area contributed by atoms with Gasteiger partial charge < -0.3 is 6.90 Å².